The van der Waals surface area contributed by atoms with Gasteiger partial charge in [-0.1, -0.05) is 29.0 Å². The van der Waals surface area contributed by atoms with Gasteiger partial charge in [0.1, 0.15) is 0 Å². The molecule has 0 atom stereocenters. The van der Waals surface area contributed by atoms with E-state index >= 15 is 0 Å². The van der Waals surface area contributed by atoms with Crippen molar-refractivity contribution >= 4 is 21.6 Å². The van der Waals surface area contributed by atoms with Crippen molar-refractivity contribution in [3.8, 4) is 0 Å². The van der Waals surface area contributed by atoms with Gasteiger partial charge in [0.25, 0.3) is 0 Å². The number of rotatable bonds is 3. The number of hydrogen-bond donors (Lipinski definition) is 0. The first kappa shape index (κ1) is 13.3. The zero-order valence-corrected chi connectivity index (χ0v) is 10.4. The minimum atomic E-state index is -1.79. The van der Waals surface area contributed by atoms with Gasteiger partial charge in [0.05, 0.1) is 4.90 Å². The molecule has 0 aliphatic heterocycles. The van der Waals surface area contributed by atoms with E-state index in [0.29, 0.717) is 6.07 Å². The van der Waals surface area contributed by atoms with E-state index < -0.39 is 23.3 Å². The Bertz CT molecular complexity index is 558. The number of halogens is 4. The van der Waals surface area contributed by atoms with E-state index in [1.807, 2.05) is 6.07 Å². The molecule has 0 nitrogen and oxygen atoms in total. The van der Waals surface area contributed by atoms with Gasteiger partial charge in [-0.2, -0.15) is 0 Å². The summed E-state index contributed by atoms with van der Waals surface area (Å²) in [5, 5.41) is 0. The van der Waals surface area contributed by atoms with Gasteiger partial charge < -0.3 is 0 Å². The molecule has 6 heteroatoms. The van der Waals surface area contributed by atoms with E-state index in [9.17, 15) is 17.6 Å². The average molecular weight is 290 g/mol. The van der Waals surface area contributed by atoms with Gasteiger partial charge in [-0.15, -0.1) is 0 Å². The molecular formula is C12H6F4S2. The fourth-order valence-corrected chi connectivity index (χ4v) is 3.20. The Morgan fingerprint density at radius 3 is 2.06 bits per heavy atom. The zero-order chi connectivity index (χ0) is 13.1. The molecule has 18 heavy (non-hydrogen) atoms. The minimum absolute atomic E-state index is 0.278. The molecule has 0 unspecified atom stereocenters. The van der Waals surface area contributed by atoms with Crippen LogP contribution in [0.2, 0.25) is 0 Å². The summed E-state index contributed by atoms with van der Waals surface area (Å²) in [6.07, 6.45) is 0. The fourth-order valence-electron chi connectivity index (χ4n) is 1.18. The van der Waals surface area contributed by atoms with E-state index in [1.54, 1.807) is 24.3 Å². The van der Waals surface area contributed by atoms with E-state index in [2.05, 4.69) is 0 Å². The van der Waals surface area contributed by atoms with Crippen molar-refractivity contribution in [2.75, 3.05) is 0 Å². The summed E-state index contributed by atoms with van der Waals surface area (Å²) >= 11 is 0. The molecule has 0 saturated heterocycles. The SMILES string of the molecule is Fc1cc(SSc2ccccc2)c(F)c(F)c1F. The highest BCUT2D eigenvalue weighted by molar-refractivity contribution is 8.76. The standard InChI is InChI=1S/C12H6F4S2/c13-8-6-9(11(15)12(16)10(8)14)18-17-7-4-2-1-3-5-7/h1-6H. The largest absolute Gasteiger partial charge is 0.204 e. The van der Waals surface area contributed by atoms with Crippen LogP contribution in [-0.4, -0.2) is 0 Å². The lowest BCUT2D eigenvalue weighted by Gasteiger charge is -2.04. The molecule has 0 fully saturated rings. The molecule has 0 aromatic heterocycles. The van der Waals surface area contributed by atoms with Crippen molar-refractivity contribution in [3.63, 3.8) is 0 Å². The zero-order valence-electron chi connectivity index (χ0n) is 8.79. The van der Waals surface area contributed by atoms with Crippen molar-refractivity contribution in [1.29, 1.82) is 0 Å². The topological polar surface area (TPSA) is 0 Å². The third kappa shape index (κ3) is 2.81. The van der Waals surface area contributed by atoms with Gasteiger partial charge in [0, 0.05) is 4.90 Å². The second-order valence-electron chi connectivity index (χ2n) is 3.28. The van der Waals surface area contributed by atoms with Crippen molar-refractivity contribution in [2.45, 2.75) is 9.79 Å². The second kappa shape index (κ2) is 5.67. The van der Waals surface area contributed by atoms with Crippen molar-refractivity contribution in [2.24, 2.45) is 0 Å². The van der Waals surface area contributed by atoms with Crippen LogP contribution in [0.25, 0.3) is 0 Å². The summed E-state index contributed by atoms with van der Waals surface area (Å²) in [7, 11) is 1.96. The molecule has 94 valence electrons. The highest BCUT2D eigenvalue weighted by atomic mass is 33.1. The normalized spacial score (nSPS) is 10.7. The smallest absolute Gasteiger partial charge is 0.198 e. The molecule has 0 amide bonds. The van der Waals surface area contributed by atoms with Crippen LogP contribution < -0.4 is 0 Å². The van der Waals surface area contributed by atoms with Gasteiger partial charge in [0.15, 0.2) is 23.3 Å². The maximum Gasteiger partial charge on any atom is 0.198 e. The van der Waals surface area contributed by atoms with Crippen LogP contribution in [0.3, 0.4) is 0 Å². The van der Waals surface area contributed by atoms with Gasteiger partial charge >= 0.3 is 0 Å². The van der Waals surface area contributed by atoms with Crippen LogP contribution in [0.15, 0.2) is 46.2 Å². The number of benzene rings is 2. The Morgan fingerprint density at radius 1 is 0.722 bits per heavy atom. The van der Waals surface area contributed by atoms with Crippen LogP contribution in [0.5, 0.6) is 0 Å². The lowest BCUT2D eigenvalue weighted by Crippen LogP contribution is -1.96. The average Bonchev–Trinajstić information content (AvgIpc) is 2.40. The Hall–Kier alpha value is -1.14. The Morgan fingerprint density at radius 2 is 1.39 bits per heavy atom. The maximum atomic E-state index is 13.3. The van der Waals surface area contributed by atoms with Crippen LogP contribution in [0, 0.1) is 23.3 Å². The molecule has 0 aliphatic rings. The summed E-state index contributed by atoms with van der Waals surface area (Å²) < 4.78 is 52.0. The third-order valence-corrected chi connectivity index (χ3v) is 4.43. The fraction of sp³-hybridized carbons (Fsp3) is 0. The molecule has 0 aliphatic carbocycles. The highest BCUT2D eigenvalue weighted by Gasteiger charge is 2.19. The van der Waals surface area contributed by atoms with E-state index in [-0.39, 0.29) is 4.90 Å². The van der Waals surface area contributed by atoms with Gasteiger partial charge in [-0.3, -0.25) is 0 Å². The first-order valence-corrected chi connectivity index (χ1v) is 6.97. The Kier molecular flexibility index (Phi) is 4.19. The summed E-state index contributed by atoms with van der Waals surface area (Å²) in [6, 6.07) is 9.56. The lowest BCUT2D eigenvalue weighted by atomic mass is 10.3. The van der Waals surface area contributed by atoms with Crippen molar-refractivity contribution in [3.05, 3.63) is 59.7 Å². The minimum Gasteiger partial charge on any atom is -0.204 e. The Labute approximate surface area is 109 Å². The third-order valence-electron chi connectivity index (χ3n) is 2.04. The van der Waals surface area contributed by atoms with Gasteiger partial charge in [0.2, 0.25) is 0 Å². The molecule has 0 N–H and O–H groups in total. The molecule has 2 aromatic carbocycles. The van der Waals surface area contributed by atoms with Crippen LogP contribution in [-0.2, 0) is 0 Å². The lowest BCUT2D eigenvalue weighted by molar-refractivity contribution is 0.398. The Balaban J connectivity index is 2.20. The molecule has 0 heterocycles. The summed E-state index contributed by atoms with van der Waals surface area (Å²) in [5.74, 6) is -6.35. The van der Waals surface area contributed by atoms with Gasteiger partial charge in [-0.25, -0.2) is 17.6 Å². The summed E-state index contributed by atoms with van der Waals surface area (Å²) in [5.41, 5.74) is 0. The molecule has 0 bridgehead atoms. The summed E-state index contributed by atoms with van der Waals surface area (Å²) in [6.45, 7) is 0. The van der Waals surface area contributed by atoms with Crippen molar-refractivity contribution < 1.29 is 17.6 Å². The highest BCUT2D eigenvalue weighted by Crippen LogP contribution is 2.39. The van der Waals surface area contributed by atoms with Crippen LogP contribution >= 0.6 is 21.6 Å². The van der Waals surface area contributed by atoms with Crippen LogP contribution in [0.1, 0.15) is 0 Å². The van der Waals surface area contributed by atoms with Crippen molar-refractivity contribution in [1.82, 2.24) is 0 Å². The maximum absolute atomic E-state index is 13.3. The molecule has 2 rings (SSSR count). The molecule has 0 radical (unpaired) electrons. The van der Waals surface area contributed by atoms with Gasteiger partial charge in [-0.05, 0) is 29.0 Å². The molecule has 0 spiro atoms. The second-order valence-corrected chi connectivity index (χ2v) is 5.52. The van der Waals surface area contributed by atoms with E-state index in [1.165, 1.54) is 0 Å². The first-order valence-electron chi connectivity index (χ1n) is 4.82. The van der Waals surface area contributed by atoms with Crippen LogP contribution in [0.4, 0.5) is 17.6 Å². The predicted molar refractivity (Wildman–Crippen MR) is 64.4 cm³/mol. The van der Waals surface area contributed by atoms with E-state index in [0.717, 1.165) is 26.5 Å². The number of hydrogen-bond acceptors (Lipinski definition) is 2. The molecule has 0 saturated carbocycles. The monoisotopic (exact) mass is 290 g/mol. The first-order chi connectivity index (χ1) is 8.59. The molecular weight excluding hydrogens is 284 g/mol. The molecule has 2 aromatic rings. The van der Waals surface area contributed by atoms with E-state index in [4.69, 9.17) is 0 Å². The quantitative estimate of drug-likeness (QED) is 0.336. The predicted octanol–water partition coefficient (Wildman–Crippen LogP) is 5.04. The summed E-state index contributed by atoms with van der Waals surface area (Å²) in [4.78, 5) is 0.521.